The Bertz CT molecular complexity index is 1010. The van der Waals surface area contributed by atoms with Crippen LogP contribution < -0.4 is 20.3 Å². The molecule has 1 unspecified atom stereocenters. The minimum absolute atomic E-state index is 0.161. The number of hydrogen-bond donors (Lipinski definition) is 2. The van der Waals surface area contributed by atoms with E-state index >= 15 is 0 Å². The highest BCUT2D eigenvalue weighted by molar-refractivity contribution is 6.04. The monoisotopic (exact) mass is 353 g/mol. The van der Waals surface area contributed by atoms with Crippen molar-refractivity contribution in [3.8, 4) is 11.5 Å². The van der Waals surface area contributed by atoms with Crippen LogP contribution in [-0.2, 0) is 0 Å². The number of nitrogens with one attached hydrogen (secondary N) is 2. The highest BCUT2D eigenvalue weighted by Crippen LogP contribution is 2.29. The molecule has 3 aromatic rings. The fraction of sp³-hybridized carbons (Fsp3) is 0.211. The maximum atomic E-state index is 12.7. The number of aromatic nitrogens is 2. The van der Waals surface area contributed by atoms with Crippen molar-refractivity contribution in [2.24, 2.45) is 0 Å². The van der Waals surface area contributed by atoms with E-state index in [0.29, 0.717) is 22.3 Å². The van der Waals surface area contributed by atoms with Gasteiger partial charge in [0.15, 0.2) is 5.69 Å². The van der Waals surface area contributed by atoms with Crippen LogP contribution in [0.4, 0.5) is 0 Å². The second kappa shape index (κ2) is 7.26. The largest absolute Gasteiger partial charge is 0.497 e. The lowest BCUT2D eigenvalue weighted by molar-refractivity contribution is 0.0935. The number of fused-ring (bicyclic) bond motifs is 1. The van der Waals surface area contributed by atoms with Gasteiger partial charge in [0.25, 0.3) is 11.5 Å². The van der Waals surface area contributed by atoms with Gasteiger partial charge in [-0.2, -0.15) is 5.10 Å². The van der Waals surface area contributed by atoms with E-state index in [1.165, 1.54) is 0 Å². The quantitative estimate of drug-likeness (QED) is 0.735. The molecule has 1 amide bonds. The van der Waals surface area contributed by atoms with E-state index in [4.69, 9.17) is 9.47 Å². The summed E-state index contributed by atoms with van der Waals surface area (Å²) in [5, 5.41) is 10.1. The molecule has 3 rings (SSSR count). The second-order valence-corrected chi connectivity index (χ2v) is 5.75. The molecule has 2 aromatic carbocycles. The Hall–Kier alpha value is -3.35. The van der Waals surface area contributed by atoms with Gasteiger partial charge in [-0.25, -0.2) is 5.10 Å². The van der Waals surface area contributed by atoms with Crippen LogP contribution in [0, 0.1) is 0 Å². The first kappa shape index (κ1) is 17.5. The molecule has 0 saturated heterocycles. The highest BCUT2D eigenvalue weighted by Gasteiger charge is 2.19. The summed E-state index contributed by atoms with van der Waals surface area (Å²) in [4.78, 5) is 24.6. The molecule has 0 spiro atoms. The summed E-state index contributed by atoms with van der Waals surface area (Å²) in [6, 6.07) is 11.9. The van der Waals surface area contributed by atoms with Gasteiger partial charge in [-0.15, -0.1) is 0 Å². The fourth-order valence-electron chi connectivity index (χ4n) is 2.81. The number of ether oxygens (including phenoxy) is 2. The van der Waals surface area contributed by atoms with Crippen molar-refractivity contribution in [1.29, 1.82) is 0 Å². The molecule has 0 aliphatic rings. The minimum atomic E-state index is -0.394. The van der Waals surface area contributed by atoms with E-state index in [1.54, 1.807) is 50.6 Å². The van der Waals surface area contributed by atoms with Crippen molar-refractivity contribution in [2.75, 3.05) is 14.2 Å². The zero-order valence-electron chi connectivity index (χ0n) is 14.7. The third-order valence-corrected chi connectivity index (χ3v) is 4.16. The van der Waals surface area contributed by atoms with Gasteiger partial charge in [-0.3, -0.25) is 9.59 Å². The summed E-state index contributed by atoms with van der Waals surface area (Å²) in [6.45, 7) is 1.84. The molecule has 0 aliphatic heterocycles. The zero-order chi connectivity index (χ0) is 18.7. The van der Waals surface area contributed by atoms with Gasteiger partial charge < -0.3 is 14.8 Å². The standard InChI is InChI=1S/C19H19N3O4/c1-11(15-10-12(25-2)8-9-16(15)26-3)20-19(24)17-13-6-4-5-7-14(13)18(23)22-21-17/h4-11H,1-3H3,(H,20,24)(H,22,23). The number of carbonyl (C=O) groups excluding carboxylic acids is 1. The van der Waals surface area contributed by atoms with E-state index in [2.05, 4.69) is 15.5 Å². The minimum Gasteiger partial charge on any atom is -0.497 e. The van der Waals surface area contributed by atoms with E-state index < -0.39 is 5.91 Å². The Morgan fingerprint density at radius 2 is 1.85 bits per heavy atom. The summed E-state index contributed by atoms with van der Waals surface area (Å²) < 4.78 is 10.6. The van der Waals surface area contributed by atoms with Crippen LogP contribution in [0.1, 0.15) is 29.0 Å². The van der Waals surface area contributed by atoms with Gasteiger partial charge in [-0.05, 0) is 31.2 Å². The number of benzene rings is 2. The summed E-state index contributed by atoms with van der Waals surface area (Å²) in [6.07, 6.45) is 0. The summed E-state index contributed by atoms with van der Waals surface area (Å²) >= 11 is 0. The molecule has 0 bridgehead atoms. The highest BCUT2D eigenvalue weighted by atomic mass is 16.5. The van der Waals surface area contributed by atoms with Gasteiger partial charge in [-0.1, -0.05) is 18.2 Å². The van der Waals surface area contributed by atoms with Crippen LogP contribution >= 0.6 is 0 Å². The lowest BCUT2D eigenvalue weighted by atomic mass is 10.1. The smallest absolute Gasteiger partial charge is 0.272 e. The predicted molar refractivity (Wildman–Crippen MR) is 97.8 cm³/mol. The molecule has 2 N–H and O–H groups in total. The molecule has 0 saturated carbocycles. The Kier molecular flexibility index (Phi) is 4.88. The first-order valence-electron chi connectivity index (χ1n) is 8.05. The number of aromatic amines is 1. The Labute approximate surface area is 150 Å². The Morgan fingerprint density at radius 3 is 2.54 bits per heavy atom. The topological polar surface area (TPSA) is 93.3 Å². The lowest BCUT2D eigenvalue weighted by Crippen LogP contribution is -2.29. The lowest BCUT2D eigenvalue weighted by Gasteiger charge is -2.18. The van der Waals surface area contributed by atoms with Crippen molar-refractivity contribution < 1.29 is 14.3 Å². The molecule has 134 valence electrons. The van der Waals surface area contributed by atoms with Gasteiger partial charge in [0.2, 0.25) is 0 Å². The van der Waals surface area contributed by atoms with Crippen molar-refractivity contribution in [3.05, 3.63) is 64.1 Å². The summed E-state index contributed by atoms with van der Waals surface area (Å²) in [7, 11) is 3.14. The van der Waals surface area contributed by atoms with Crippen LogP contribution in [0.5, 0.6) is 11.5 Å². The van der Waals surface area contributed by atoms with Crippen molar-refractivity contribution in [1.82, 2.24) is 15.5 Å². The number of rotatable bonds is 5. The predicted octanol–water partition coefficient (Wildman–Crippen LogP) is 2.43. The summed E-state index contributed by atoms with van der Waals surface area (Å²) in [5.74, 6) is 0.905. The molecule has 7 heteroatoms. The van der Waals surface area contributed by atoms with E-state index in [0.717, 1.165) is 5.56 Å². The van der Waals surface area contributed by atoms with Crippen molar-refractivity contribution in [3.63, 3.8) is 0 Å². The number of amides is 1. The summed E-state index contributed by atoms with van der Waals surface area (Å²) in [5.41, 5.74) is 0.600. The molecular weight excluding hydrogens is 334 g/mol. The molecule has 7 nitrogen and oxygen atoms in total. The van der Waals surface area contributed by atoms with Gasteiger partial charge in [0, 0.05) is 10.9 Å². The molecule has 0 aliphatic carbocycles. The van der Waals surface area contributed by atoms with E-state index in [1.807, 2.05) is 13.0 Å². The third-order valence-electron chi connectivity index (χ3n) is 4.16. The van der Waals surface area contributed by atoms with Gasteiger partial charge in [0.05, 0.1) is 25.6 Å². The average molecular weight is 353 g/mol. The Morgan fingerprint density at radius 1 is 1.12 bits per heavy atom. The maximum absolute atomic E-state index is 12.7. The average Bonchev–Trinajstić information content (AvgIpc) is 2.67. The Balaban J connectivity index is 1.94. The number of nitrogens with zero attached hydrogens (tertiary/aromatic N) is 1. The number of hydrogen-bond acceptors (Lipinski definition) is 5. The normalized spacial score (nSPS) is 11.8. The van der Waals surface area contributed by atoms with Gasteiger partial charge in [0.1, 0.15) is 11.5 Å². The van der Waals surface area contributed by atoms with E-state index in [9.17, 15) is 9.59 Å². The molecule has 0 radical (unpaired) electrons. The molecule has 1 aromatic heterocycles. The van der Waals surface area contributed by atoms with Crippen LogP contribution in [0.3, 0.4) is 0 Å². The van der Waals surface area contributed by atoms with Crippen LogP contribution in [0.2, 0.25) is 0 Å². The third kappa shape index (κ3) is 3.23. The maximum Gasteiger partial charge on any atom is 0.272 e. The molecule has 0 fully saturated rings. The molecular formula is C19H19N3O4. The number of methoxy groups -OCH3 is 2. The SMILES string of the molecule is COc1ccc(OC)c(C(C)NC(=O)c2n[nH]c(=O)c3ccccc23)c1. The molecule has 26 heavy (non-hydrogen) atoms. The fourth-order valence-corrected chi connectivity index (χ4v) is 2.81. The van der Waals surface area contributed by atoms with Crippen LogP contribution in [0.25, 0.3) is 10.8 Å². The first-order chi connectivity index (χ1) is 12.5. The zero-order valence-corrected chi connectivity index (χ0v) is 14.7. The van der Waals surface area contributed by atoms with Crippen LogP contribution in [-0.4, -0.2) is 30.3 Å². The molecule has 1 atom stereocenters. The van der Waals surface area contributed by atoms with Crippen molar-refractivity contribution >= 4 is 16.7 Å². The molecule has 1 heterocycles. The van der Waals surface area contributed by atoms with Crippen LogP contribution in [0.15, 0.2) is 47.3 Å². The second-order valence-electron chi connectivity index (χ2n) is 5.75. The number of carbonyl (C=O) groups is 1. The van der Waals surface area contributed by atoms with E-state index in [-0.39, 0.29) is 17.3 Å². The first-order valence-corrected chi connectivity index (χ1v) is 8.05. The van der Waals surface area contributed by atoms with Gasteiger partial charge >= 0.3 is 0 Å². The van der Waals surface area contributed by atoms with Crippen molar-refractivity contribution in [2.45, 2.75) is 13.0 Å². The number of H-pyrrole nitrogens is 1.